The molecule has 2 amide bonds. The van der Waals surface area contributed by atoms with E-state index in [0.29, 0.717) is 26.2 Å². The highest BCUT2D eigenvalue weighted by Crippen LogP contribution is 2.28. The van der Waals surface area contributed by atoms with E-state index in [2.05, 4.69) is 10.4 Å². The van der Waals surface area contributed by atoms with E-state index < -0.39 is 0 Å². The van der Waals surface area contributed by atoms with Gasteiger partial charge >= 0.3 is 0 Å². The van der Waals surface area contributed by atoms with E-state index in [1.165, 1.54) is 0 Å². The second-order valence-corrected chi connectivity index (χ2v) is 7.89. The molecule has 1 N–H and O–H groups in total. The Balaban J connectivity index is 1.35. The number of ether oxygens (including phenoxy) is 1. The number of aromatic nitrogens is 2. The van der Waals surface area contributed by atoms with Crippen molar-refractivity contribution in [3.8, 4) is 0 Å². The number of likely N-dealkylation sites (tertiary alicyclic amines) is 1. The number of carbonyl (C=O) groups is 2. The maximum atomic E-state index is 12.4. The molecule has 1 saturated heterocycles. The average molecular weight is 374 g/mol. The van der Waals surface area contributed by atoms with Crippen LogP contribution in [0, 0.1) is 5.92 Å². The average Bonchev–Trinajstić information content (AvgIpc) is 3.01. The third-order valence-corrected chi connectivity index (χ3v) is 5.96. The SMILES string of the molecule is CN1CC(C(=O)NC2CCC(n3nc4c(cc3=O)COCC4)CC2)CC1=O. The van der Waals surface area contributed by atoms with Crippen molar-refractivity contribution in [3.63, 3.8) is 0 Å². The lowest BCUT2D eigenvalue weighted by atomic mass is 9.90. The summed E-state index contributed by atoms with van der Waals surface area (Å²) in [5.74, 6) is -0.241. The number of nitrogens with zero attached hydrogens (tertiary/aromatic N) is 3. The molecule has 146 valence electrons. The van der Waals surface area contributed by atoms with Gasteiger partial charge in [0.15, 0.2) is 0 Å². The van der Waals surface area contributed by atoms with E-state index in [0.717, 1.165) is 43.4 Å². The first-order valence-electron chi connectivity index (χ1n) is 9.75. The van der Waals surface area contributed by atoms with Crippen molar-refractivity contribution in [3.05, 3.63) is 27.7 Å². The molecule has 1 aliphatic carbocycles. The first-order chi connectivity index (χ1) is 13.0. The Labute approximate surface area is 157 Å². The summed E-state index contributed by atoms with van der Waals surface area (Å²) in [6.07, 6.45) is 4.32. The van der Waals surface area contributed by atoms with E-state index in [4.69, 9.17) is 4.74 Å². The third-order valence-electron chi connectivity index (χ3n) is 5.96. The Morgan fingerprint density at radius 1 is 1.26 bits per heavy atom. The second-order valence-electron chi connectivity index (χ2n) is 7.89. The molecule has 3 heterocycles. The van der Waals surface area contributed by atoms with Crippen molar-refractivity contribution in [2.24, 2.45) is 5.92 Å². The molecule has 1 atom stereocenters. The Morgan fingerprint density at radius 2 is 2.04 bits per heavy atom. The lowest BCUT2D eigenvalue weighted by molar-refractivity contribution is -0.128. The van der Waals surface area contributed by atoms with Gasteiger partial charge in [0.25, 0.3) is 5.56 Å². The van der Waals surface area contributed by atoms with E-state index in [1.54, 1.807) is 22.7 Å². The highest BCUT2D eigenvalue weighted by molar-refractivity contribution is 5.89. The molecular formula is C19H26N4O4. The van der Waals surface area contributed by atoms with E-state index in [1.807, 2.05) is 0 Å². The van der Waals surface area contributed by atoms with Gasteiger partial charge in [-0.3, -0.25) is 14.4 Å². The Kier molecular flexibility index (Phi) is 4.99. The molecule has 8 heteroatoms. The zero-order valence-corrected chi connectivity index (χ0v) is 15.6. The third kappa shape index (κ3) is 3.76. The van der Waals surface area contributed by atoms with Crippen LogP contribution in [0.15, 0.2) is 10.9 Å². The first kappa shape index (κ1) is 18.2. The summed E-state index contributed by atoms with van der Waals surface area (Å²) in [6, 6.07) is 1.85. The van der Waals surface area contributed by atoms with Crippen LogP contribution in [0.4, 0.5) is 0 Å². The number of amides is 2. The van der Waals surface area contributed by atoms with Gasteiger partial charge in [-0.2, -0.15) is 5.10 Å². The summed E-state index contributed by atoms with van der Waals surface area (Å²) in [4.78, 5) is 38.1. The largest absolute Gasteiger partial charge is 0.376 e. The minimum Gasteiger partial charge on any atom is -0.376 e. The molecule has 2 fully saturated rings. The van der Waals surface area contributed by atoms with Gasteiger partial charge in [-0.1, -0.05) is 0 Å². The molecule has 27 heavy (non-hydrogen) atoms. The normalized spacial score (nSPS) is 28.1. The molecule has 0 bridgehead atoms. The predicted octanol–water partition coefficient (Wildman–Crippen LogP) is 0.394. The van der Waals surface area contributed by atoms with Gasteiger partial charge in [0.2, 0.25) is 11.8 Å². The van der Waals surface area contributed by atoms with Crippen molar-refractivity contribution in [2.75, 3.05) is 20.2 Å². The van der Waals surface area contributed by atoms with Crippen molar-refractivity contribution in [1.82, 2.24) is 20.0 Å². The number of hydrogen-bond acceptors (Lipinski definition) is 5. The number of nitrogens with one attached hydrogen (secondary N) is 1. The molecule has 1 aromatic rings. The second kappa shape index (κ2) is 7.42. The molecule has 0 radical (unpaired) electrons. The maximum Gasteiger partial charge on any atom is 0.267 e. The van der Waals surface area contributed by atoms with Crippen molar-refractivity contribution < 1.29 is 14.3 Å². The van der Waals surface area contributed by atoms with Crippen molar-refractivity contribution in [1.29, 1.82) is 0 Å². The van der Waals surface area contributed by atoms with Crippen LogP contribution in [0.3, 0.4) is 0 Å². The number of carbonyl (C=O) groups excluding carboxylic acids is 2. The molecule has 3 aliphatic rings. The van der Waals surface area contributed by atoms with Crippen molar-refractivity contribution >= 4 is 11.8 Å². The van der Waals surface area contributed by atoms with Crippen LogP contribution in [0.25, 0.3) is 0 Å². The van der Waals surface area contributed by atoms with Crippen LogP contribution in [0.5, 0.6) is 0 Å². The van der Waals surface area contributed by atoms with Crippen LogP contribution in [0.2, 0.25) is 0 Å². The molecule has 1 saturated carbocycles. The smallest absolute Gasteiger partial charge is 0.267 e. The Hall–Kier alpha value is -2.22. The summed E-state index contributed by atoms with van der Waals surface area (Å²) >= 11 is 0. The molecule has 1 unspecified atom stereocenters. The molecule has 0 spiro atoms. The van der Waals surface area contributed by atoms with Crippen LogP contribution >= 0.6 is 0 Å². The van der Waals surface area contributed by atoms with Gasteiger partial charge in [0.1, 0.15) is 0 Å². The van der Waals surface area contributed by atoms with Gasteiger partial charge < -0.3 is 15.0 Å². The highest BCUT2D eigenvalue weighted by atomic mass is 16.5. The summed E-state index contributed by atoms with van der Waals surface area (Å²) in [7, 11) is 1.73. The summed E-state index contributed by atoms with van der Waals surface area (Å²) < 4.78 is 7.02. The summed E-state index contributed by atoms with van der Waals surface area (Å²) in [6.45, 7) is 1.62. The lowest BCUT2D eigenvalue weighted by Crippen LogP contribution is -2.42. The summed E-state index contributed by atoms with van der Waals surface area (Å²) in [5, 5.41) is 7.69. The fraction of sp³-hybridized carbons (Fsp3) is 0.684. The maximum absolute atomic E-state index is 12.4. The Bertz CT molecular complexity index is 797. The number of rotatable bonds is 3. The van der Waals surface area contributed by atoms with E-state index in [-0.39, 0.29) is 35.4 Å². The number of hydrogen-bond donors (Lipinski definition) is 1. The van der Waals surface area contributed by atoms with Crippen LogP contribution in [-0.4, -0.2) is 52.7 Å². The van der Waals surface area contributed by atoms with E-state index in [9.17, 15) is 14.4 Å². The van der Waals surface area contributed by atoms with Gasteiger partial charge in [-0.15, -0.1) is 0 Å². The highest BCUT2D eigenvalue weighted by Gasteiger charge is 2.34. The Morgan fingerprint density at radius 3 is 2.74 bits per heavy atom. The monoisotopic (exact) mass is 374 g/mol. The standard InChI is InChI=1S/C19H26N4O4/c1-22-10-12(8-17(22)24)19(26)20-14-2-4-15(5-3-14)23-18(25)9-13-11-27-7-6-16(13)21-23/h9,12,14-15H,2-8,10-11H2,1H3,(H,20,26). The van der Waals surface area contributed by atoms with Crippen LogP contribution < -0.4 is 10.9 Å². The summed E-state index contributed by atoms with van der Waals surface area (Å²) in [5.41, 5.74) is 1.80. The predicted molar refractivity (Wildman–Crippen MR) is 97.0 cm³/mol. The zero-order chi connectivity index (χ0) is 19.0. The fourth-order valence-corrected chi connectivity index (χ4v) is 4.31. The number of fused-ring (bicyclic) bond motifs is 1. The zero-order valence-electron chi connectivity index (χ0n) is 15.6. The van der Waals surface area contributed by atoms with Gasteiger partial charge in [-0.25, -0.2) is 4.68 Å². The molecule has 8 nitrogen and oxygen atoms in total. The van der Waals surface area contributed by atoms with Gasteiger partial charge in [0.05, 0.1) is 30.9 Å². The molecule has 1 aromatic heterocycles. The van der Waals surface area contributed by atoms with Crippen molar-refractivity contribution in [2.45, 2.75) is 57.2 Å². The minimum absolute atomic E-state index is 0.0276. The topological polar surface area (TPSA) is 93.5 Å². The molecule has 2 aliphatic heterocycles. The van der Waals surface area contributed by atoms with E-state index >= 15 is 0 Å². The fourth-order valence-electron chi connectivity index (χ4n) is 4.31. The minimum atomic E-state index is -0.243. The first-order valence-corrected chi connectivity index (χ1v) is 9.75. The van der Waals surface area contributed by atoms with Crippen LogP contribution in [-0.2, 0) is 27.4 Å². The molecular weight excluding hydrogens is 348 g/mol. The van der Waals surface area contributed by atoms with Gasteiger partial charge in [-0.05, 0) is 25.7 Å². The molecule has 4 rings (SSSR count). The van der Waals surface area contributed by atoms with Crippen LogP contribution in [0.1, 0.15) is 49.4 Å². The lowest BCUT2D eigenvalue weighted by Gasteiger charge is -2.30. The van der Waals surface area contributed by atoms with Gasteiger partial charge in [0, 0.05) is 44.1 Å². The quantitative estimate of drug-likeness (QED) is 0.826. The molecule has 0 aromatic carbocycles.